The molecule has 2 saturated heterocycles. The van der Waals surface area contributed by atoms with E-state index < -0.39 is 0 Å². The first kappa shape index (κ1) is 13.6. The Balaban J connectivity index is 1.45. The van der Waals surface area contributed by atoms with Crippen molar-refractivity contribution in [2.24, 2.45) is 29.6 Å². The standard InChI is InChI=1S/C18H30O2/c1-10(2)14-7-13(8-15-17(14)19-15)12-5-6-16-18(9-12,20-16)11(3)4/h10-17H,5-9H2,1-4H3. The summed E-state index contributed by atoms with van der Waals surface area (Å²) >= 11 is 0. The second-order valence-electron chi connectivity index (χ2n) is 8.54. The Morgan fingerprint density at radius 2 is 1.80 bits per heavy atom. The molecule has 2 saturated carbocycles. The lowest BCUT2D eigenvalue weighted by molar-refractivity contribution is 0.123. The fraction of sp³-hybridized carbons (Fsp3) is 1.00. The first-order chi connectivity index (χ1) is 9.51. The highest BCUT2D eigenvalue weighted by molar-refractivity contribution is 5.10. The van der Waals surface area contributed by atoms with Gasteiger partial charge in [-0.25, -0.2) is 0 Å². The quantitative estimate of drug-likeness (QED) is 0.728. The number of rotatable bonds is 3. The van der Waals surface area contributed by atoms with E-state index in [1.54, 1.807) is 0 Å². The molecule has 0 aromatic carbocycles. The molecule has 0 spiro atoms. The van der Waals surface area contributed by atoms with Crippen molar-refractivity contribution in [3.63, 3.8) is 0 Å². The molecular formula is C18H30O2. The summed E-state index contributed by atoms with van der Waals surface area (Å²) in [5, 5.41) is 0. The van der Waals surface area contributed by atoms with Gasteiger partial charge in [0.25, 0.3) is 0 Å². The van der Waals surface area contributed by atoms with Crippen LogP contribution in [0.1, 0.15) is 59.8 Å². The number of hydrogen-bond acceptors (Lipinski definition) is 2. The van der Waals surface area contributed by atoms with Crippen molar-refractivity contribution in [2.75, 3.05) is 0 Å². The lowest BCUT2D eigenvalue weighted by atomic mass is 9.65. The van der Waals surface area contributed by atoms with E-state index in [9.17, 15) is 0 Å². The SMILES string of the molecule is CC(C)C1CC(C2CCC3OC3(C(C)C)C2)CC2OC21. The van der Waals surface area contributed by atoms with Crippen LogP contribution in [0.5, 0.6) is 0 Å². The topological polar surface area (TPSA) is 25.1 Å². The molecule has 7 atom stereocenters. The lowest BCUT2D eigenvalue weighted by Crippen LogP contribution is -2.37. The van der Waals surface area contributed by atoms with Gasteiger partial charge >= 0.3 is 0 Å². The van der Waals surface area contributed by atoms with Gasteiger partial charge in [0.05, 0.1) is 23.9 Å². The predicted octanol–water partition coefficient (Wildman–Crippen LogP) is 4.03. The second kappa shape index (κ2) is 4.46. The van der Waals surface area contributed by atoms with E-state index in [-0.39, 0.29) is 5.60 Å². The highest BCUT2D eigenvalue weighted by Crippen LogP contribution is 2.58. The van der Waals surface area contributed by atoms with Gasteiger partial charge in [-0.2, -0.15) is 0 Å². The third-order valence-corrected chi connectivity index (χ3v) is 6.88. The van der Waals surface area contributed by atoms with E-state index in [1.165, 1.54) is 32.1 Å². The number of epoxide rings is 2. The smallest absolute Gasteiger partial charge is 0.0973 e. The lowest BCUT2D eigenvalue weighted by Gasteiger charge is -2.38. The monoisotopic (exact) mass is 278 g/mol. The highest BCUT2D eigenvalue weighted by atomic mass is 16.6. The van der Waals surface area contributed by atoms with Crippen molar-refractivity contribution in [1.82, 2.24) is 0 Å². The zero-order valence-corrected chi connectivity index (χ0v) is 13.5. The summed E-state index contributed by atoms with van der Waals surface area (Å²) in [5.74, 6) is 4.06. The van der Waals surface area contributed by atoms with Gasteiger partial charge in [0.15, 0.2) is 0 Å². The molecule has 0 aromatic heterocycles. The van der Waals surface area contributed by atoms with Crippen LogP contribution in [0.15, 0.2) is 0 Å². The summed E-state index contributed by atoms with van der Waals surface area (Å²) in [5.41, 5.74) is 0.261. The highest BCUT2D eigenvalue weighted by Gasteiger charge is 2.62. The Morgan fingerprint density at radius 1 is 1.00 bits per heavy atom. The van der Waals surface area contributed by atoms with Crippen LogP contribution in [0.3, 0.4) is 0 Å². The summed E-state index contributed by atoms with van der Waals surface area (Å²) < 4.78 is 12.1. The molecule has 0 amide bonds. The average molecular weight is 278 g/mol. The molecule has 2 heteroatoms. The Kier molecular flexibility index (Phi) is 3.03. The van der Waals surface area contributed by atoms with Crippen molar-refractivity contribution < 1.29 is 9.47 Å². The van der Waals surface area contributed by atoms with Crippen molar-refractivity contribution in [3.05, 3.63) is 0 Å². The van der Waals surface area contributed by atoms with Crippen LogP contribution >= 0.6 is 0 Å². The number of fused-ring (bicyclic) bond motifs is 2. The van der Waals surface area contributed by atoms with E-state index >= 15 is 0 Å². The minimum Gasteiger partial charge on any atom is -0.369 e. The average Bonchev–Trinajstić information content (AvgIpc) is 3.29. The van der Waals surface area contributed by atoms with Crippen LogP contribution in [-0.2, 0) is 9.47 Å². The molecular weight excluding hydrogens is 248 g/mol. The van der Waals surface area contributed by atoms with Gasteiger partial charge in [-0.15, -0.1) is 0 Å². The number of hydrogen-bond donors (Lipinski definition) is 0. The van der Waals surface area contributed by atoms with Crippen LogP contribution in [0.25, 0.3) is 0 Å². The summed E-state index contributed by atoms with van der Waals surface area (Å²) in [4.78, 5) is 0. The molecule has 0 bridgehead atoms. The molecule has 0 N–H and O–H groups in total. The van der Waals surface area contributed by atoms with Gasteiger partial charge in [-0.05, 0) is 61.7 Å². The third kappa shape index (κ3) is 1.98. The van der Waals surface area contributed by atoms with Gasteiger partial charge < -0.3 is 9.47 Å². The second-order valence-corrected chi connectivity index (χ2v) is 8.54. The third-order valence-electron chi connectivity index (χ3n) is 6.88. The molecule has 2 heterocycles. The van der Waals surface area contributed by atoms with Gasteiger partial charge in [-0.3, -0.25) is 0 Å². The Hall–Kier alpha value is -0.0800. The van der Waals surface area contributed by atoms with Crippen LogP contribution in [0.2, 0.25) is 0 Å². The van der Waals surface area contributed by atoms with E-state index in [1.807, 2.05) is 0 Å². The zero-order chi connectivity index (χ0) is 14.1. The molecule has 2 aliphatic heterocycles. The fourth-order valence-electron chi connectivity index (χ4n) is 5.37. The Bertz CT molecular complexity index is 391. The molecule has 4 aliphatic rings. The van der Waals surface area contributed by atoms with Crippen LogP contribution in [0, 0.1) is 29.6 Å². The fourth-order valence-corrected chi connectivity index (χ4v) is 5.37. The number of ether oxygens (including phenoxy) is 2. The summed E-state index contributed by atoms with van der Waals surface area (Å²) in [6.45, 7) is 9.45. The minimum absolute atomic E-state index is 0.261. The van der Waals surface area contributed by atoms with Gasteiger partial charge in [-0.1, -0.05) is 27.7 Å². The molecule has 4 rings (SSSR count). The Morgan fingerprint density at radius 3 is 2.50 bits per heavy atom. The molecule has 7 unspecified atom stereocenters. The minimum atomic E-state index is 0.261. The van der Waals surface area contributed by atoms with E-state index in [2.05, 4.69) is 27.7 Å². The predicted molar refractivity (Wildman–Crippen MR) is 79.5 cm³/mol. The largest absolute Gasteiger partial charge is 0.369 e. The molecule has 4 fully saturated rings. The molecule has 114 valence electrons. The zero-order valence-electron chi connectivity index (χ0n) is 13.5. The van der Waals surface area contributed by atoms with Crippen LogP contribution < -0.4 is 0 Å². The molecule has 20 heavy (non-hydrogen) atoms. The summed E-state index contributed by atoms with van der Waals surface area (Å²) in [7, 11) is 0. The Labute approximate surface area is 123 Å². The van der Waals surface area contributed by atoms with Crippen LogP contribution in [-0.4, -0.2) is 23.9 Å². The van der Waals surface area contributed by atoms with E-state index in [0.29, 0.717) is 24.2 Å². The summed E-state index contributed by atoms with van der Waals surface area (Å²) in [6.07, 6.45) is 8.56. The van der Waals surface area contributed by atoms with Crippen molar-refractivity contribution >= 4 is 0 Å². The van der Waals surface area contributed by atoms with E-state index in [4.69, 9.17) is 9.47 Å². The van der Waals surface area contributed by atoms with Crippen molar-refractivity contribution in [2.45, 2.75) is 83.7 Å². The van der Waals surface area contributed by atoms with Gasteiger partial charge in [0.2, 0.25) is 0 Å². The van der Waals surface area contributed by atoms with E-state index in [0.717, 1.165) is 23.7 Å². The van der Waals surface area contributed by atoms with Crippen molar-refractivity contribution in [3.8, 4) is 0 Å². The molecule has 0 aromatic rings. The molecule has 0 radical (unpaired) electrons. The maximum atomic E-state index is 6.13. The van der Waals surface area contributed by atoms with Gasteiger partial charge in [0.1, 0.15) is 0 Å². The first-order valence-corrected chi connectivity index (χ1v) is 8.84. The maximum absolute atomic E-state index is 6.13. The molecule has 2 nitrogen and oxygen atoms in total. The first-order valence-electron chi connectivity index (χ1n) is 8.84. The normalized spacial score (nSPS) is 53.7. The maximum Gasteiger partial charge on any atom is 0.0973 e. The van der Waals surface area contributed by atoms with Crippen LogP contribution in [0.4, 0.5) is 0 Å². The van der Waals surface area contributed by atoms with Crippen molar-refractivity contribution in [1.29, 1.82) is 0 Å². The van der Waals surface area contributed by atoms with Gasteiger partial charge in [0, 0.05) is 0 Å². The summed E-state index contributed by atoms with van der Waals surface area (Å²) in [6, 6.07) is 0. The molecule has 2 aliphatic carbocycles.